The number of hydrogen-bond acceptors (Lipinski definition) is 2. The van der Waals surface area contributed by atoms with Gasteiger partial charge >= 0.3 is 6.18 Å². The van der Waals surface area contributed by atoms with Crippen LogP contribution in [0.2, 0.25) is 5.02 Å². The molecule has 24 heavy (non-hydrogen) atoms. The van der Waals surface area contributed by atoms with Gasteiger partial charge in [-0.2, -0.15) is 13.2 Å². The number of rotatable bonds is 4. The van der Waals surface area contributed by atoms with Gasteiger partial charge in [0.05, 0.1) is 11.6 Å². The van der Waals surface area contributed by atoms with Crippen molar-refractivity contribution in [1.29, 1.82) is 0 Å². The standard InChI is InChI=1S/C16H19ClF4N2O/c1-10(11-4-6-23(7-5-11)9-16(19,20)21)22-15(24)12-2-3-13(17)14(18)8-12/h2-3,8,10-11H,4-7,9H2,1H3,(H,22,24)/t10-/m1/s1. The van der Waals surface area contributed by atoms with E-state index in [4.69, 9.17) is 11.6 Å². The van der Waals surface area contributed by atoms with Crippen LogP contribution in [0.3, 0.4) is 0 Å². The van der Waals surface area contributed by atoms with Crippen molar-refractivity contribution in [3.05, 3.63) is 34.6 Å². The maximum Gasteiger partial charge on any atom is 0.401 e. The topological polar surface area (TPSA) is 32.3 Å². The second kappa shape index (κ2) is 7.70. The number of carbonyl (C=O) groups is 1. The number of halogens is 5. The molecule has 134 valence electrons. The van der Waals surface area contributed by atoms with Gasteiger partial charge in [-0.1, -0.05) is 11.6 Å². The molecule has 0 saturated carbocycles. The summed E-state index contributed by atoms with van der Waals surface area (Å²) >= 11 is 5.58. The first-order valence-electron chi connectivity index (χ1n) is 7.71. The summed E-state index contributed by atoms with van der Waals surface area (Å²) in [5.74, 6) is -0.996. The Morgan fingerprint density at radius 1 is 1.38 bits per heavy atom. The Bertz CT molecular complexity index is 586. The molecular weight excluding hydrogens is 348 g/mol. The fourth-order valence-electron chi connectivity index (χ4n) is 2.91. The quantitative estimate of drug-likeness (QED) is 0.820. The molecule has 1 aliphatic heterocycles. The van der Waals surface area contributed by atoms with Crippen LogP contribution in [0.15, 0.2) is 18.2 Å². The van der Waals surface area contributed by atoms with E-state index in [9.17, 15) is 22.4 Å². The number of nitrogens with one attached hydrogen (secondary N) is 1. The average Bonchev–Trinajstić information content (AvgIpc) is 2.49. The van der Waals surface area contributed by atoms with Gasteiger partial charge in [0.2, 0.25) is 0 Å². The SMILES string of the molecule is C[C@@H](NC(=O)c1ccc(Cl)c(F)c1)C1CCN(CC(F)(F)F)CC1. The van der Waals surface area contributed by atoms with Crippen LogP contribution in [0.5, 0.6) is 0 Å². The largest absolute Gasteiger partial charge is 0.401 e. The molecule has 3 nitrogen and oxygen atoms in total. The van der Waals surface area contributed by atoms with Crippen LogP contribution < -0.4 is 5.32 Å². The van der Waals surface area contributed by atoms with E-state index in [1.807, 2.05) is 6.92 Å². The average molecular weight is 367 g/mol. The lowest BCUT2D eigenvalue weighted by Gasteiger charge is -2.35. The molecule has 0 unspecified atom stereocenters. The summed E-state index contributed by atoms with van der Waals surface area (Å²) in [6.07, 6.45) is -3.04. The lowest BCUT2D eigenvalue weighted by Crippen LogP contribution is -2.46. The van der Waals surface area contributed by atoms with E-state index < -0.39 is 24.4 Å². The van der Waals surface area contributed by atoms with Crippen LogP contribution in [0.4, 0.5) is 17.6 Å². The molecular formula is C16H19ClF4N2O. The first-order chi connectivity index (χ1) is 11.2. The molecule has 1 amide bonds. The summed E-state index contributed by atoms with van der Waals surface area (Å²) in [7, 11) is 0. The van der Waals surface area contributed by atoms with Gasteiger partial charge in [0.1, 0.15) is 5.82 Å². The van der Waals surface area contributed by atoms with E-state index in [2.05, 4.69) is 5.32 Å². The summed E-state index contributed by atoms with van der Waals surface area (Å²) in [5, 5.41) is 2.73. The van der Waals surface area contributed by atoms with E-state index in [0.717, 1.165) is 6.07 Å². The zero-order chi connectivity index (χ0) is 17.9. The number of nitrogens with zero attached hydrogens (tertiary/aromatic N) is 1. The van der Waals surface area contributed by atoms with Crippen LogP contribution in [-0.4, -0.2) is 42.7 Å². The summed E-state index contributed by atoms with van der Waals surface area (Å²) < 4.78 is 50.5. The van der Waals surface area contributed by atoms with Crippen molar-refractivity contribution >= 4 is 17.5 Å². The summed E-state index contributed by atoms with van der Waals surface area (Å²) in [6.45, 7) is 1.61. The maximum absolute atomic E-state index is 13.4. The highest BCUT2D eigenvalue weighted by Gasteiger charge is 2.33. The van der Waals surface area contributed by atoms with Gasteiger partial charge in [0.25, 0.3) is 5.91 Å². The summed E-state index contributed by atoms with van der Waals surface area (Å²) in [4.78, 5) is 13.5. The molecule has 1 fully saturated rings. The normalized spacial score (nSPS) is 18.4. The highest BCUT2D eigenvalue weighted by atomic mass is 35.5. The molecule has 0 bridgehead atoms. The van der Waals surface area contributed by atoms with Gasteiger partial charge in [-0.15, -0.1) is 0 Å². The fourth-order valence-corrected chi connectivity index (χ4v) is 3.03. The predicted molar refractivity (Wildman–Crippen MR) is 83.6 cm³/mol. The third kappa shape index (κ3) is 5.34. The number of alkyl halides is 3. The van der Waals surface area contributed by atoms with Gasteiger partial charge < -0.3 is 5.32 Å². The Morgan fingerprint density at radius 3 is 2.54 bits per heavy atom. The number of benzene rings is 1. The molecule has 0 radical (unpaired) electrons. The molecule has 1 N–H and O–H groups in total. The van der Waals surface area contributed by atoms with Crippen LogP contribution in [-0.2, 0) is 0 Å². The van der Waals surface area contributed by atoms with Gasteiger partial charge in [-0.05, 0) is 57.0 Å². The van der Waals surface area contributed by atoms with Gasteiger partial charge in [0.15, 0.2) is 0 Å². The van der Waals surface area contributed by atoms with Crippen LogP contribution in [0.1, 0.15) is 30.1 Å². The molecule has 0 aromatic heterocycles. The Kier molecular flexibility index (Phi) is 6.09. The molecule has 1 aromatic rings. The van der Waals surface area contributed by atoms with Crippen molar-refractivity contribution in [3.63, 3.8) is 0 Å². The van der Waals surface area contributed by atoms with Gasteiger partial charge in [0, 0.05) is 11.6 Å². The Morgan fingerprint density at radius 2 is 2.00 bits per heavy atom. The molecule has 1 atom stereocenters. The molecule has 1 aromatic carbocycles. The van der Waals surface area contributed by atoms with E-state index >= 15 is 0 Å². The van der Waals surface area contributed by atoms with E-state index in [0.29, 0.717) is 25.9 Å². The van der Waals surface area contributed by atoms with Crippen molar-refractivity contribution in [3.8, 4) is 0 Å². The Labute approximate surface area is 143 Å². The lowest BCUT2D eigenvalue weighted by molar-refractivity contribution is -0.148. The monoisotopic (exact) mass is 366 g/mol. The van der Waals surface area contributed by atoms with E-state index in [1.54, 1.807) is 0 Å². The minimum absolute atomic E-state index is 0.0587. The van der Waals surface area contributed by atoms with Gasteiger partial charge in [-0.3, -0.25) is 9.69 Å². The van der Waals surface area contributed by atoms with E-state index in [1.165, 1.54) is 17.0 Å². The Balaban J connectivity index is 1.86. The maximum atomic E-state index is 13.4. The zero-order valence-electron chi connectivity index (χ0n) is 13.2. The van der Waals surface area contributed by atoms with Crippen molar-refractivity contribution < 1.29 is 22.4 Å². The summed E-state index contributed by atoms with van der Waals surface area (Å²) in [5.41, 5.74) is 0.165. The Hall–Kier alpha value is -1.34. The van der Waals surface area contributed by atoms with E-state index in [-0.39, 0.29) is 22.5 Å². The first kappa shape index (κ1) is 19.0. The second-order valence-electron chi connectivity index (χ2n) is 6.12. The van der Waals surface area contributed by atoms with Crippen molar-refractivity contribution in [2.45, 2.75) is 32.0 Å². The minimum atomic E-state index is -4.19. The molecule has 0 spiro atoms. The number of hydrogen-bond donors (Lipinski definition) is 1. The minimum Gasteiger partial charge on any atom is -0.349 e. The molecule has 8 heteroatoms. The number of amides is 1. The van der Waals surface area contributed by atoms with Crippen molar-refractivity contribution in [2.24, 2.45) is 5.92 Å². The lowest BCUT2D eigenvalue weighted by atomic mass is 9.90. The first-order valence-corrected chi connectivity index (χ1v) is 8.08. The van der Waals surface area contributed by atoms with Crippen LogP contribution in [0, 0.1) is 11.7 Å². The zero-order valence-corrected chi connectivity index (χ0v) is 13.9. The second-order valence-corrected chi connectivity index (χ2v) is 6.53. The molecule has 1 aliphatic rings. The molecule has 0 aliphatic carbocycles. The molecule has 1 heterocycles. The number of carbonyl (C=O) groups excluding carboxylic acids is 1. The highest BCUT2D eigenvalue weighted by Crippen LogP contribution is 2.24. The van der Waals surface area contributed by atoms with Crippen LogP contribution in [0.25, 0.3) is 0 Å². The third-order valence-electron chi connectivity index (χ3n) is 4.28. The van der Waals surface area contributed by atoms with Crippen LogP contribution >= 0.6 is 11.6 Å². The number of likely N-dealkylation sites (tertiary alicyclic amines) is 1. The molecule has 1 saturated heterocycles. The fraction of sp³-hybridized carbons (Fsp3) is 0.562. The van der Waals surface area contributed by atoms with Crippen molar-refractivity contribution in [1.82, 2.24) is 10.2 Å². The predicted octanol–water partition coefficient (Wildman–Crippen LogP) is 3.87. The number of piperidine rings is 1. The van der Waals surface area contributed by atoms with Crippen molar-refractivity contribution in [2.75, 3.05) is 19.6 Å². The highest BCUT2D eigenvalue weighted by molar-refractivity contribution is 6.30. The molecule has 2 rings (SSSR count). The summed E-state index contributed by atoms with van der Waals surface area (Å²) in [6, 6.07) is 3.60. The van der Waals surface area contributed by atoms with Gasteiger partial charge in [-0.25, -0.2) is 4.39 Å². The third-order valence-corrected chi connectivity index (χ3v) is 4.59. The smallest absolute Gasteiger partial charge is 0.349 e.